The Kier molecular flexibility index (Phi) is 2.34. The van der Waals surface area contributed by atoms with Crippen molar-refractivity contribution >= 4 is 28.1 Å². The molecule has 0 bridgehead atoms. The van der Waals surface area contributed by atoms with Crippen LogP contribution in [0.2, 0.25) is 0 Å². The molecule has 1 aromatic heterocycles. The summed E-state index contributed by atoms with van der Waals surface area (Å²) in [4.78, 5) is 16.4. The number of fused-ring (bicyclic) bond motifs is 1. The minimum absolute atomic E-state index is 0.185. The lowest BCUT2D eigenvalue weighted by Gasteiger charge is -2.04. The molecule has 0 saturated heterocycles. The first-order chi connectivity index (χ1) is 8.54. The van der Waals surface area contributed by atoms with E-state index in [9.17, 15) is 9.18 Å². The van der Waals surface area contributed by atoms with E-state index in [1.54, 1.807) is 6.07 Å². The van der Waals surface area contributed by atoms with Crippen LogP contribution in [0.4, 0.5) is 15.2 Å². The average Bonchev–Trinajstić information content (AvgIpc) is 2.81. The van der Waals surface area contributed by atoms with E-state index >= 15 is 0 Å². The predicted molar refractivity (Wildman–Crippen MR) is 69.0 cm³/mol. The fourth-order valence-corrected chi connectivity index (χ4v) is 2.83. The number of hydrogen-bond donors (Lipinski definition) is 2. The fourth-order valence-electron chi connectivity index (χ4n) is 2.12. The highest BCUT2D eigenvalue weighted by Gasteiger charge is 2.23. The predicted octanol–water partition coefficient (Wildman–Crippen LogP) is 2.33. The molecule has 3 N–H and O–H groups in total. The first kappa shape index (κ1) is 11.2. The molecule has 0 fully saturated rings. The van der Waals surface area contributed by atoms with E-state index in [1.807, 2.05) is 6.92 Å². The highest BCUT2D eigenvalue weighted by atomic mass is 32.1. The van der Waals surface area contributed by atoms with Gasteiger partial charge in [0.15, 0.2) is 5.13 Å². The van der Waals surface area contributed by atoms with Crippen LogP contribution in [0.3, 0.4) is 0 Å². The van der Waals surface area contributed by atoms with Crippen LogP contribution in [0.25, 0.3) is 11.3 Å². The van der Waals surface area contributed by atoms with E-state index in [1.165, 1.54) is 17.4 Å². The molecule has 1 aliphatic rings. The number of carbonyl (C=O) groups is 1. The molecule has 2 heterocycles. The largest absolute Gasteiger partial charge is 0.375 e. The summed E-state index contributed by atoms with van der Waals surface area (Å²) in [7, 11) is 0. The summed E-state index contributed by atoms with van der Waals surface area (Å²) in [6.45, 7) is 1.89. The number of nitrogens with two attached hydrogens (primary N) is 1. The van der Waals surface area contributed by atoms with Crippen molar-refractivity contribution in [2.75, 3.05) is 11.1 Å². The van der Waals surface area contributed by atoms with E-state index in [0.29, 0.717) is 22.0 Å². The standard InChI is InChI=1S/C12H10FN3OS/c1-5-10(16-12(14)18-5)6-2-7-4-9(17)15-11(7)8(13)3-6/h2-3H,4H2,1H3,(H2,14,16)(H,15,17). The average molecular weight is 263 g/mol. The van der Waals surface area contributed by atoms with E-state index in [-0.39, 0.29) is 18.0 Å². The van der Waals surface area contributed by atoms with Crippen molar-refractivity contribution in [1.29, 1.82) is 0 Å². The Morgan fingerprint density at radius 2 is 2.28 bits per heavy atom. The van der Waals surface area contributed by atoms with Crippen LogP contribution in [0.15, 0.2) is 12.1 Å². The summed E-state index contributed by atoms with van der Waals surface area (Å²) >= 11 is 1.37. The van der Waals surface area contributed by atoms with Crippen LogP contribution in [0.1, 0.15) is 10.4 Å². The summed E-state index contributed by atoms with van der Waals surface area (Å²) in [5.41, 5.74) is 7.93. The molecule has 18 heavy (non-hydrogen) atoms. The van der Waals surface area contributed by atoms with Gasteiger partial charge >= 0.3 is 0 Å². The van der Waals surface area contributed by atoms with Gasteiger partial charge in [-0.3, -0.25) is 4.79 Å². The van der Waals surface area contributed by atoms with Gasteiger partial charge in [-0.2, -0.15) is 0 Å². The molecule has 1 aliphatic heterocycles. The second-order valence-electron chi connectivity index (χ2n) is 4.17. The number of halogens is 1. The summed E-state index contributed by atoms with van der Waals surface area (Å²) in [5.74, 6) is -0.616. The van der Waals surface area contributed by atoms with Gasteiger partial charge in [0, 0.05) is 10.4 Å². The van der Waals surface area contributed by atoms with Crippen molar-refractivity contribution in [2.45, 2.75) is 13.3 Å². The quantitative estimate of drug-likeness (QED) is 0.829. The first-order valence-electron chi connectivity index (χ1n) is 5.40. The van der Waals surface area contributed by atoms with Crippen LogP contribution < -0.4 is 11.1 Å². The lowest BCUT2D eigenvalue weighted by Crippen LogP contribution is -2.04. The molecular formula is C12H10FN3OS. The molecule has 92 valence electrons. The molecule has 2 aromatic rings. The zero-order valence-electron chi connectivity index (χ0n) is 9.58. The van der Waals surface area contributed by atoms with E-state index in [2.05, 4.69) is 10.3 Å². The molecule has 6 heteroatoms. The lowest BCUT2D eigenvalue weighted by atomic mass is 10.0. The van der Waals surface area contributed by atoms with Crippen molar-refractivity contribution in [1.82, 2.24) is 4.98 Å². The minimum Gasteiger partial charge on any atom is -0.375 e. The molecule has 0 aliphatic carbocycles. The summed E-state index contributed by atoms with van der Waals surface area (Å²) in [5, 5.41) is 2.96. The van der Waals surface area contributed by atoms with Crippen LogP contribution in [-0.4, -0.2) is 10.9 Å². The van der Waals surface area contributed by atoms with Crippen molar-refractivity contribution in [3.05, 3.63) is 28.4 Å². The third-order valence-corrected chi connectivity index (χ3v) is 3.67. The number of thiazole rings is 1. The van der Waals surface area contributed by atoms with Crippen LogP contribution in [0.5, 0.6) is 0 Å². The Balaban J connectivity index is 2.16. The Hall–Kier alpha value is -1.95. The number of carbonyl (C=O) groups excluding carboxylic acids is 1. The van der Waals surface area contributed by atoms with Gasteiger partial charge in [-0.1, -0.05) is 0 Å². The van der Waals surface area contributed by atoms with Gasteiger partial charge in [-0.15, -0.1) is 11.3 Å². The smallest absolute Gasteiger partial charge is 0.228 e. The molecule has 0 atom stereocenters. The number of nitrogens with one attached hydrogen (secondary N) is 1. The van der Waals surface area contributed by atoms with E-state index < -0.39 is 5.82 Å². The number of rotatable bonds is 1. The molecule has 1 aromatic carbocycles. The number of hydrogen-bond acceptors (Lipinski definition) is 4. The number of aromatic nitrogens is 1. The highest BCUT2D eigenvalue weighted by molar-refractivity contribution is 7.15. The van der Waals surface area contributed by atoms with Crippen LogP contribution >= 0.6 is 11.3 Å². The number of anilines is 2. The summed E-state index contributed by atoms with van der Waals surface area (Å²) in [6, 6.07) is 3.17. The normalized spacial score (nSPS) is 13.6. The molecule has 1 amide bonds. The maximum absolute atomic E-state index is 13.9. The van der Waals surface area contributed by atoms with Crippen molar-refractivity contribution in [3.63, 3.8) is 0 Å². The number of benzene rings is 1. The monoisotopic (exact) mass is 263 g/mol. The van der Waals surface area contributed by atoms with E-state index in [0.717, 1.165) is 4.88 Å². The maximum Gasteiger partial charge on any atom is 0.228 e. The molecule has 0 saturated carbocycles. The van der Waals surface area contributed by atoms with Gasteiger partial charge in [0.05, 0.1) is 17.8 Å². The van der Waals surface area contributed by atoms with Crippen molar-refractivity contribution in [2.24, 2.45) is 0 Å². The van der Waals surface area contributed by atoms with Gasteiger partial charge in [-0.05, 0) is 24.6 Å². The van der Waals surface area contributed by atoms with Gasteiger partial charge in [-0.25, -0.2) is 9.37 Å². The third-order valence-electron chi connectivity index (χ3n) is 2.87. The number of aryl methyl sites for hydroxylation is 1. The first-order valence-corrected chi connectivity index (χ1v) is 6.22. The third kappa shape index (κ3) is 1.65. The Bertz CT molecular complexity index is 666. The topological polar surface area (TPSA) is 68.0 Å². The molecule has 0 unspecified atom stereocenters. The SMILES string of the molecule is Cc1sc(N)nc1-c1cc(F)c2c(c1)CC(=O)N2. The molecular weight excluding hydrogens is 253 g/mol. The zero-order valence-corrected chi connectivity index (χ0v) is 10.4. The number of nitrogens with zero attached hydrogens (tertiary/aromatic N) is 1. The van der Waals surface area contributed by atoms with Crippen molar-refractivity contribution < 1.29 is 9.18 Å². The van der Waals surface area contributed by atoms with Gasteiger partial charge < -0.3 is 11.1 Å². The second-order valence-corrected chi connectivity index (χ2v) is 5.41. The molecule has 4 nitrogen and oxygen atoms in total. The Morgan fingerprint density at radius 3 is 2.94 bits per heavy atom. The van der Waals surface area contributed by atoms with Crippen LogP contribution in [0, 0.1) is 12.7 Å². The highest BCUT2D eigenvalue weighted by Crippen LogP contribution is 2.34. The number of nitrogen functional groups attached to an aromatic ring is 1. The zero-order chi connectivity index (χ0) is 12.9. The van der Waals surface area contributed by atoms with Gasteiger partial charge in [0.25, 0.3) is 0 Å². The fraction of sp³-hybridized carbons (Fsp3) is 0.167. The lowest BCUT2D eigenvalue weighted by molar-refractivity contribution is -0.115. The Morgan fingerprint density at radius 1 is 1.50 bits per heavy atom. The van der Waals surface area contributed by atoms with Gasteiger partial charge in [0.1, 0.15) is 5.82 Å². The van der Waals surface area contributed by atoms with Gasteiger partial charge in [0.2, 0.25) is 5.91 Å². The van der Waals surface area contributed by atoms with Crippen LogP contribution in [-0.2, 0) is 11.2 Å². The summed E-state index contributed by atoms with van der Waals surface area (Å²) < 4.78 is 13.9. The Labute approximate surface area is 107 Å². The maximum atomic E-state index is 13.9. The second kappa shape index (κ2) is 3.78. The number of amides is 1. The van der Waals surface area contributed by atoms with E-state index in [4.69, 9.17) is 5.73 Å². The molecule has 0 spiro atoms. The van der Waals surface area contributed by atoms with Crippen molar-refractivity contribution in [3.8, 4) is 11.3 Å². The molecule has 3 rings (SSSR count). The summed E-state index contributed by atoms with van der Waals surface area (Å²) in [6.07, 6.45) is 0.207. The molecule has 0 radical (unpaired) electrons. The minimum atomic E-state index is -0.431.